The zero-order chi connectivity index (χ0) is 21.2. The molecule has 1 aromatic rings. The number of nitrogens with one attached hydrogen (secondary N) is 1. The Morgan fingerprint density at radius 2 is 1.87 bits per heavy atom. The Bertz CT molecular complexity index is 677. The number of piperidine rings is 1. The van der Waals surface area contributed by atoms with Gasteiger partial charge >= 0.3 is 6.09 Å². The zero-order valence-electron chi connectivity index (χ0n) is 18.3. The van der Waals surface area contributed by atoms with Crippen molar-refractivity contribution in [2.24, 2.45) is 10.7 Å². The molecule has 10 nitrogen and oxygen atoms in total. The summed E-state index contributed by atoms with van der Waals surface area (Å²) >= 11 is 0. The molecule has 0 spiro atoms. The second-order valence-electron chi connectivity index (χ2n) is 7.60. The van der Waals surface area contributed by atoms with Gasteiger partial charge in [-0.2, -0.15) is 0 Å². The van der Waals surface area contributed by atoms with Crippen LogP contribution in [0.4, 0.5) is 10.7 Å². The molecule has 2 aliphatic heterocycles. The van der Waals surface area contributed by atoms with E-state index < -0.39 is 0 Å². The lowest BCUT2D eigenvalue weighted by Gasteiger charge is -2.34. The van der Waals surface area contributed by atoms with Crippen LogP contribution in [-0.2, 0) is 4.74 Å². The molecular formula is C20H35IN8O2. The number of ether oxygens (including phenoxy) is 1. The maximum absolute atomic E-state index is 11.7. The van der Waals surface area contributed by atoms with Crippen LogP contribution in [0.15, 0.2) is 23.5 Å². The molecule has 31 heavy (non-hydrogen) atoms. The van der Waals surface area contributed by atoms with Crippen LogP contribution in [0.2, 0.25) is 0 Å². The maximum atomic E-state index is 11.7. The molecule has 11 heteroatoms. The van der Waals surface area contributed by atoms with Gasteiger partial charge in [0.15, 0.2) is 5.96 Å². The van der Waals surface area contributed by atoms with E-state index in [9.17, 15) is 4.79 Å². The van der Waals surface area contributed by atoms with E-state index in [4.69, 9.17) is 10.5 Å². The van der Waals surface area contributed by atoms with Gasteiger partial charge in [-0.05, 0) is 32.3 Å². The van der Waals surface area contributed by atoms with Gasteiger partial charge in [0.2, 0.25) is 5.95 Å². The summed E-state index contributed by atoms with van der Waals surface area (Å²) in [6.45, 7) is 9.23. The van der Waals surface area contributed by atoms with Crippen molar-refractivity contribution in [3.63, 3.8) is 0 Å². The molecule has 3 heterocycles. The number of aromatic nitrogens is 2. The molecular weight excluding hydrogens is 511 g/mol. The van der Waals surface area contributed by atoms with Crippen LogP contribution >= 0.6 is 24.0 Å². The third-order valence-electron chi connectivity index (χ3n) is 5.49. The molecule has 0 aromatic carbocycles. The van der Waals surface area contributed by atoms with Crippen molar-refractivity contribution in [3.05, 3.63) is 18.5 Å². The Morgan fingerprint density at radius 1 is 1.19 bits per heavy atom. The quantitative estimate of drug-likeness (QED) is 0.227. The lowest BCUT2D eigenvalue weighted by molar-refractivity contribution is 0.0963. The Kier molecular flexibility index (Phi) is 11.1. The van der Waals surface area contributed by atoms with E-state index in [1.54, 1.807) is 17.3 Å². The van der Waals surface area contributed by atoms with Gasteiger partial charge in [0.1, 0.15) is 0 Å². The molecule has 0 bridgehead atoms. The van der Waals surface area contributed by atoms with Gasteiger partial charge in [-0.25, -0.2) is 14.8 Å². The van der Waals surface area contributed by atoms with Crippen molar-refractivity contribution >= 4 is 42.0 Å². The first-order valence-corrected chi connectivity index (χ1v) is 10.9. The van der Waals surface area contributed by atoms with Crippen LogP contribution in [0.25, 0.3) is 0 Å². The average molecular weight is 546 g/mol. The second kappa shape index (κ2) is 13.5. The molecule has 0 radical (unpaired) electrons. The summed E-state index contributed by atoms with van der Waals surface area (Å²) in [5, 5.41) is 3.29. The number of amides is 1. The van der Waals surface area contributed by atoms with Crippen LogP contribution in [0.5, 0.6) is 0 Å². The second-order valence-corrected chi connectivity index (χ2v) is 7.60. The predicted octanol–water partition coefficient (Wildman–Crippen LogP) is 1.13. The van der Waals surface area contributed by atoms with Crippen molar-refractivity contribution < 1.29 is 9.53 Å². The summed E-state index contributed by atoms with van der Waals surface area (Å²) in [6.07, 6.45) is 6.03. The fourth-order valence-corrected chi connectivity index (χ4v) is 3.80. The predicted molar refractivity (Wildman–Crippen MR) is 132 cm³/mol. The molecule has 2 fully saturated rings. The minimum absolute atomic E-state index is 0. The molecule has 1 aromatic heterocycles. The number of anilines is 1. The standard InChI is InChI=1S/C20H34N8O2.HI/c1-2-30-20(29)28-11-5-17(6-12-28)25-18(21)22-9-4-10-26-13-15-27(16-14-26)19-23-7-3-8-24-19;/h3,7-8,17H,2,4-6,9-16H2,1H3,(H3,21,22,25);1H. The largest absolute Gasteiger partial charge is 0.450 e. The van der Waals surface area contributed by atoms with E-state index in [1.165, 1.54) is 0 Å². The van der Waals surface area contributed by atoms with E-state index in [1.807, 2.05) is 13.0 Å². The van der Waals surface area contributed by atoms with Gasteiger partial charge < -0.3 is 25.6 Å². The highest BCUT2D eigenvalue weighted by molar-refractivity contribution is 14.0. The SMILES string of the molecule is CCOC(=O)N1CCC(NC(N)=NCCCN2CCN(c3ncccn3)CC2)CC1.I. The molecule has 3 rings (SSSR count). The normalized spacial score (nSPS) is 18.4. The number of nitrogens with zero attached hydrogens (tertiary/aromatic N) is 6. The van der Waals surface area contributed by atoms with Gasteiger partial charge in [0.25, 0.3) is 0 Å². The summed E-state index contributed by atoms with van der Waals surface area (Å²) < 4.78 is 5.05. The molecule has 0 saturated carbocycles. The summed E-state index contributed by atoms with van der Waals surface area (Å²) in [4.78, 5) is 31.3. The Morgan fingerprint density at radius 3 is 2.52 bits per heavy atom. The van der Waals surface area contributed by atoms with E-state index in [-0.39, 0.29) is 36.1 Å². The lowest BCUT2D eigenvalue weighted by Crippen LogP contribution is -2.48. The van der Waals surface area contributed by atoms with Crippen molar-refractivity contribution in [1.82, 2.24) is 25.1 Å². The monoisotopic (exact) mass is 546 g/mol. The molecule has 3 N–H and O–H groups in total. The number of rotatable bonds is 7. The van der Waals surface area contributed by atoms with Crippen molar-refractivity contribution in [1.29, 1.82) is 0 Å². The highest BCUT2D eigenvalue weighted by atomic mass is 127. The number of piperazine rings is 1. The summed E-state index contributed by atoms with van der Waals surface area (Å²) in [7, 11) is 0. The average Bonchev–Trinajstić information content (AvgIpc) is 2.78. The number of nitrogens with two attached hydrogens (primary N) is 1. The van der Waals surface area contributed by atoms with E-state index in [2.05, 4.69) is 30.1 Å². The topological polar surface area (TPSA) is 112 Å². The Hall–Kier alpha value is -1.89. The number of halogens is 1. The van der Waals surface area contributed by atoms with Crippen molar-refractivity contribution in [2.75, 3.05) is 63.9 Å². The summed E-state index contributed by atoms with van der Waals surface area (Å²) in [5.41, 5.74) is 6.05. The fourth-order valence-electron chi connectivity index (χ4n) is 3.80. The highest BCUT2D eigenvalue weighted by Crippen LogP contribution is 2.12. The molecule has 1 amide bonds. The Balaban J connectivity index is 0.00000341. The molecule has 0 atom stereocenters. The van der Waals surface area contributed by atoms with Gasteiger partial charge in [-0.3, -0.25) is 9.89 Å². The van der Waals surface area contributed by atoms with Crippen molar-refractivity contribution in [2.45, 2.75) is 32.2 Å². The molecule has 0 unspecified atom stereocenters. The molecule has 0 aliphatic carbocycles. The number of guanidine groups is 1. The third-order valence-corrected chi connectivity index (χ3v) is 5.49. The van der Waals surface area contributed by atoms with Gasteiger partial charge in [-0.1, -0.05) is 0 Å². The van der Waals surface area contributed by atoms with Crippen LogP contribution in [0.1, 0.15) is 26.2 Å². The summed E-state index contributed by atoms with van der Waals surface area (Å²) in [5.74, 6) is 1.31. The van der Waals surface area contributed by atoms with Crippen LogP contribution in [0.3, 0.4) is 0 Å². The number of hydrogen-bond donors (Lipinski definition) is 2. The van der Waals surface area contributed by atoms with Gasteiger partial charge in [0.05, 0.1) is 6.61 Å². The molecule has 2 aliphatic rings. The number of likely N-dealkylation sites (tertiary alicyclic amines) is 1. The third kappa shape index (κ3) is 8.28. The minimum Gasteiger partial charge on any atom is -0.450 e. The summed E-state index contributed by atoms with van der Waals surface area (Å²) in [6, 6.07) is 2.10. The van der Waals surface area contributed by atoms with Gasteiger partial charge in [0, 0.05) is 70.8 Å². The molecule has 174 valence electrons. The van der Waals surface area contributed by atoms with Crippen LogP contribution < -0.4 is 16.0 Å². The first-order chi connectivity index (χ1) is 14.7. The van der Waals surface area contributed by atoms with E-state index in [0.29, 0.717) is 32.2 Å². The number of carbonyl (C=O) groups is 1. The van der Waals surface area contributed by atoms with Crippen LogP contribution in [-0.4, -0.2) is 96.8 Å². The lowest BCUT2D eigenvalue weighted by atomic mass is 10.1. The first-order valence-electron chi connectivity index (χ1n) is 10.9. The highest BCUT2D eigenvalue weighted by Gasteiger charge is 2.23. The number of aliphatic imine (C=N–C) groups is 1. The van der Waals surface area contributed by atoms with Crippen LogP contribution in [0, 0.1) is 0 Å². The van der Waals surface area contributed by atoms with E-state index in [0.717, 1.165) is 57.9 Å². The van der Waals surface area contributed by atoms with E-state index >= 15 is 0 Å². The Labute approximate surface area is 201 Å². The first kappa shape index (κ1) is 25.4. The van der Waals surface area contributed by atoms with Gasteiger partial charge in [-0.15, -0.1) is 24.0 Å². The maximum Gasteiger partial charge on any atom is 0.409 e. The number of carbonyl (C=O) groups excluding carboxylic acids is 1. The molecule has 2 saturated heterocycles. The minimum atomic E-state index is -0.227. The fraction of sp³-hybridized carbons (Fsp3) is 0.700. The smallest absolute Gasteiger partial charge is 0.409 e. The zero-order valence-corrected chi connectivity index (χ0v) is 20.6. The number of hydrogen-bond acceptors (Lipinski definition) is 7. The van der Waals surface area contributed by atoms with Crippen molar-refractivity contribution in [3.8, 4) is 0 Å².